The van der Waals surface area contributed by atoms with Crippen molar-refractivity contribution in [3.05, 3.63) is 52.8 Å². The van der Waals surface area contributed by atoms with Gasteiger partial charge in [0.05, 0.1) is 12.7 Å². The van der Waals surface area contributed by atoms with Crippen molar-refractivity contribution in [1.82, 2.24) is 0 Å². The molecule has 0 unspecified atom stereocenters. The molecule has 2 aromatic carbocycles. The molecule has 2 rings (SSSR count). The van der Waals surface area contributed by atoms with Gasteiger partial charge in [-0.3, -0.25) is 0 Å². The number of carboxylic acids is 1. The maximum absolute atomic E-state index is 14.2. The van der Waals surface area contributed by atoms with Crippen molar-refractivity contribution in [2.24, 2.45) is 0 Å². The number of aromatic carboxylic acids is 1. The standard InChI is InChI=1S/C16H15FO3/c1-9-7-11(8-10(2)14(9)16(18)19)12-5-4-6-13(20-3)15(12)17/h4-8H,1-3H3,(H,18,19). The normalized spacial score (nSPS) is 10.4. The number of benzene rings is 2. The molecule has 0 amide bonds. The zero-order valence-electron chi connectivity index (χ0n) is 11.5. The fraction of sp³-hybridized carbons (Fsp3) is 0.188. The van der Waals surface area contributed by atoms with E-state index in [-0.39, 0.29) is 11.3 Å². The van der Waals surface area contributed by atoms with E-state index in [1.54, 1.807) is 44.2 Å². The molecule has 0 heterocycles. The van der Waals surface area contributed by atoms with E-state index >= 15 is 0 Å². The molecule has 0 atom stereocenters. The fourth-order valence-corrected chi connectivity index (χ4v) is 2.35. The molecule has 0 aliphatic carbocycles. The van der Waals surface area contributed by atoms with E-state index in [2.05, 4.69) is 0 Å². The lowest BCUT2D eigenvalue weighted by molar-refractivity contribution is 0.0695. The van der Waals surface area contributed by atoms with E-state index in [0.717, 1.165) is 0 Å². The van der Waals surface area contributed by atoms with E-state index in [9.17, 15) is 9.18 Å². The van der Waals surface area contributed by atoms with Crippen LogP contribution in [0.15, 0.2) is 30.3 Å². The highest BCUT2D eigenvalue weighted by Gasteiger charge is 2.15. The molecule has 0 aromatic heterocycles. The first-order valence-corrected chi connectivity index (χ1v) is 6.13. The number of ether oxygens (including phenoxy) is 1. The zero-order valence-corrected chi connectivity index (χ0v) is 11.5. The lowest BCUT2D eigenvalue weighted by atomic mass is 9.95. The lowest BCUT2D eigenvalue weighted by Gasteiger charge is -2.11. The van der Waals surface area contributed by atoms with Gasteiger partial charge in [-0.1, -0.05) is 24.3 Å². The molecule has 0 radical (unpaired) electrons. The highest BCUT2D eigenvalue weighted by molar-refractivity contribution is 5.92. The molecule has 0 spiro atoms. The van der Waals surface area contributed by atoms with Crippen molar-refractivity contribution in [3.63, 3.8) is 0 Å². The molecule has 2 aromatic rings. The van der Waals surface area contributed by atoms with Crippen molar-refractivity contribution in [2.45, 2.75) is 13.8 Å². The number of hydrogen-bond acceptors (Lipinski definition) is 2. The van der Waals surface area contributed by atoms with E-state index < -0.39 is 11.8 Å². The highest BCUT2D eigenvalue weighted by Crippen LogP contribution is 2.31. The van der Waals surface area contributed by atoms with Crippen molar-refractivity contribution >= 4 is 5.97 Å². The Morgan fingerprint density at radius 3 is 2.30 bits per heavy atom. The highest BCUT2D eigenvalue weighted by atomic mass is 19.1. The van der Waals surface area contributed by atoms with Crippen LogP contribution >= 0.6 is 0 Å². The second-order valence-corrected chi connectivity index (χ2v) is 4.61. The maximum Gasteiger partial charge on any atom is 0.336 e. The Kier molecular flexibility index (Phi) is 3.74. The maximum atomic E-state index is 14.2. The summed E-state index contributed by atoms with van der Waals surface area (Å²) in [6, 6.07) is 8.24. The van der Waals surface area contributed by atoms with Gasteiger partial charge in [0.15, 0.2) is 11.6 Å². The average molecular weight is 274 g/mol. The van der Waals surface area contributed by atoms with Crippen LogP contribution in [0, 0.1) is 19.7 Å². The Morgan fingerprint density at radius 2 is 1.80 bits per heavy atom. The molecular weight excluding hydrogens is 259 g/mol. The zero-order chi connectivity index (χ0) is 14.9. The molecule has 4 heteroatoms. The van der Waals surface area contributed by atoms with Crippen LogP contribution in [0.5, 0.6) is 5.75 Å². The summed E-state index contributed by atoms with van der Waals surface area (Å²) in [6.45, 7) is 3.41. The predicted molar refractivity (Wildman–Crippen MR) is 74.8 cm³/mol. The molecule has 3 nitrogen and oxygen atoms in total. The summed E-state index contributed by atoms with van der Waals surface area (Å²) in [5.74, 6) is -1.25. The SMILES string of the molecule is COc1cccc(-c2cc(C)c(C(=O)O)c(C)c2)c1F. The van der Waals surface area contributed by atoms with E-state index in [0.29, 0.717) is 22.3 Å². The summed E-state index contributed by atoms with van der Waals surface area (Å²) in [5, 5.41) is 9.15. The number of methoxy groups -OCH3 is 1. The molecule has 0 aliphatic rings. The molecular formula is C16H15FO3. The summed E-state index contributed by atoms with van der Waals surface area (Å²) in [4.78, 5) is 11.2. The van der Waals surface area contributed by atoms with Crippen molar-refractivity contribution < 1.29 is 19.0 Å². The van der Waals surface area contributed by atoms with Crippen molar-refractivity contribution in [1.29, 1.82) is 0 Å². The first-order valence-electron chi connectivity index (χ1n) is 6.13. The van der Waals surface area contributed by atoms with Gasteiger partial charge in [0, 0.05) is 5.56 Å². The van der Waals surface area contributed by atoms with Gasteiger partial charge in [-0.25, -0.2) is 9.18 Å². The topological polar surface area (TPSA) is 46.5 Å². The van der Waals surface area contributed by atoms with Crippen LogP contribution in [0.2, 0.25) is 0 Å². The van der Waals surface area contributed by atoms with Gasteiger partial charge in [-0.2, -0.15) is 0 Å². The van der Waals surface area contributed by atoms with Crippen LogP contribution in [0.4, 0.5) is 4.39 Å². The summed E-state index contributed by atoms with van der Waals surface area (Å²) in [7, 11) is 1.41. The Balaban J connectivity index is 2.63. The lowest BCUT2D eigenvalue weighted by Crippen LogP contribution is -2.03. The van der Waals surface area contributed by atoms with Crippen LogP contribution in [0.25, 0.3) is 11.1 Å². The molecule has 0 bridgehead atoms. The minimum absolute atomic E-state index is 0.167. The number of carboxylic acid groups (broad SMARTS) is 1. The summed E-state index contributed by atoms with van der Waals surface area (Å²) in [6.07, 6.45) is 0. The quantitative estimate of drug-likeness (QED) is 0.925. The monoisotopic (exact) mass is 274 g/mol. The van der Waals surface area contributed by atoms with Gasteiger partial charge in [-0.05, 0) is 36.6 Å². The van der Waals surface area contributed by atoms with Gasteiger partial charge in [0.2, 0.25) is 0 Å². The second-order valence-electron chi connectivity index (χ2n) is 4.61. The minimum atomic E-state index is -0.974. The first kappa shape index (κ1) is 14.1. The van der Waals surface area contributed by atoms with Crippen LogP contribution in [-0.2, 0) is 0 Å². The molecule has 0 fully saturated rings. The van der Waals surface area contributed by atoms with Crippen LogP contribution in [-0.4, -0.2) is 18.2 Å². The molecule has 0 saturated heterocycles. The number of aryl methyl sites for hydroxylation is 2. The fourth-order valence-electron chi connectivity index (χ4n) is 2.35. The Morgan fingerprint density at radius 1 is 1.20 bits per heavy atom. The number of halogens is 1. The summed E-state index contributed by atoms with van der Waals surface area (Å²) in [5.41, 5.74) is 2.51. The first-order chi connectivity index (χ1) is 9.45. The summed E-state index contributed by atoms with van der Waals surface area (Å²) >= 11 is 0. The molecule has 20 heavy (non-hydrogen) atoms. The van der Waals surface area contributed by atoms with Gasteiger partial charge >= 0.3 is 5.97 Å². The van der Waals surface area contributed by atoms with Crippen LogP contribution in [0.3, 0.4) is 0 Å². The third-order valence-electron chi connectivity index (χ3n) is 3.24. The van der Waals surface area contributed by atoms with Gasteiger partial charge < -0.3 is 9.84 Å². The van der Waals surface area contributed by atoms with Gasteiger partial charge in [0.25, 0.3) is 0 Å². The number of carbonyl (C=O) groups is 1. The number of hydrogen-bond donors (Lipinski definition) is 1. The van der Waals surface area contributed by atoms with E-state index in [1.807, 2.05) is 0 Å². The largest absolute Gasteiger partial charge is 0.494 e. The minimum Gasteiger partial charge on any atom is -0.494 e. The van der Waals surface area contributed by atoms with Crippen LogP contribution in [0.1, 0.15) is 21.5 Å². The van der Waals surface area contributed by atoms with Crippen LogP contribution < -0.4 is 4.74 Å². The molecule has 1 N–H and O–H groups in total. The Hall–Kier alpha value is -2.36. The Labute approximate surface area is 116 Å². The van der Waals surface area contributed by atoms with E-state index in [4.69, 9.17) is 9.84 Å². The van der Waals surface area contributed by atoms with Gasteiger partial charge in [0.1, 0.15) is 0 Å². The van der Waals surface area contributed by atoms with Gasteiger partial charge in [-0.15, -0.1) is 0 Å². The molecule has 0 aliphatic heterocycles. The van der Waals surface area contributed by atoms with Crippen molar-refractivity contribution in [3.8, 4) is 16.9 Å². The van der Waals surface area contributed by atoms with E-state index in [1.165, 1.54) is 7.11 Å². The predicted octanol–water partition coefficient (Wildman–Crippen LogP) is 3.82. The second kappa shape index (κ2) is 5.33. The molecule has 0 saturated carbocycles. The Bertz CT molecular complexity index is 654. The smallest absolute Gasteiger partial charge is 0.336 e. The third-order valence-corrected chi connectivity index (χ3v) is 3.24. The average Bonchev–Trinajstić information content (AvgIpc) is 2.37. The summed E-state index contributed by atoms with van der Waals surface area (Å²) < 4.78 is 19.2. The van der Waals surface area contributed by atoms with Crippen molar-refractivity contribution in [2.75, 3.05) is 7.11 Å². The molecule has 104 valence electrons. The third kappa shape index (κ3) is 2.37. The number of rotatable bonds is 3.